The number of benzene rings is 2. The van der Waals surface area contributed by atoms with Gasteiger partial charge < -0.3 is 15.8 Å². The number of carbonyl (C=O) groups is 3. The summed E-state index contributed by atoms with van der Waals surface area (Å²) in [6.07, 6.45) is 4.52. The summed E-state index contributed by atoms with van der Waals surface area (Å²) in [4.78, 5) is 38.2. The molecule has 0 saturated carbocycles. The van der Waals surface area contributed by atoms with Crippen molar-refractivity contribution in [2.45, 2.75) is 38.7 Å². The number of hydrazone groups is 1. The summed E-state index contributed by atoms with van der Waals surface area (Å²) in [5, 5.41) is 7.27. The highest BCUT2D eigenvalue weighted by Crippen LogP contribution is 2.38. The number of nitrogens with one attached hydrogen (secondary N) is 2. The Morgan fingerprint density at radius 1 is 1.06 bits per heavy atom. The number of fused-ring (bicyclic) bond motifs is 1. The summed E-state index contributed by atoms with van der Waals surface area (Å²) in [6, 6.07) is 15.8. The predicted octanol–water partition coefficient (Wildman–Crippen LogP) is 3.90. The zero-order valence-corrected chi connectivity index (χ0v) is 20.1. The van der Waals surface area contributed by atoms with Gasteiger partial charge in [-0.3, -0.25) is 14.4 Å². The normalized spacial score (nSPS) is 13.6. The van der Waals surface area contributed by atoms with Crippen LogP contribution in [-0.2, 0) is 17.6 Å². The highest BCUT2D eigenvalue weighted by atomic mass is 32.1. The van der Waals surface area contributed by atoms with Crippen molar-refractivity contribution < 1.29 is 19.1 Å². The first-order valence-corrected chi connectivity index (χ1v) is 12.1. The molecular weight excluding hydrogens is 464 g/mol. The Bertz CT molecular complexity index is 1250. The van der Waals surface area contributed by atoms with Crippen molar-refractivity contribution in [2.24, 2.45) is 10.8 Å². The van der Waals surface area contributed by atoms with E-state index in [0.717, 1.165) is 41.7 Å². The number of aryl methyl sites for hydroxylation is 1. The number of thiophene rings is 1. The molecule has 1 aliphatic rings. The van der Waals surface area contributed by atoms with Gasteiger partial charge in [0, 0.05) is 10.4 Å². The van der Waals surface area contributed by atoms with E-state index in [9.17, 15) is 14.4 Å². The minimum absolute atomic E-state index is 0.348. The molecular formula is C26H26N4O4S. The third-order valence-electron chi connectivity index (χ3n) is 5.63. The summed E-state index contributed by atoms with van der Waals surface area (Å²) in [5.74, 6) is -0.845. The highest BCUT2D eigenvalue weighted by molar-refractivity contribution is 7.17. The number of hydrogen-bond acceptors (Lipinski definition) is 6. The minimum Gasteiger partial charge on any atom is -0.481 e. The van der Waals surface area contributed by atoms with Crippen LogP contribution in [0, 0.1) is 0 Å². The van der Waals surface area contributed by atoms with Crippen molar-refractivity contribution in [3.8, 4) is 5.75 Å². The molecule has 4 rings (SSSR count). The number of anilines is 1. The lowest BCUT2D eigenvalue weighted by Gasteiger charge is -2.13. The first kappa shape index (κ1) is 24.2. The van der Waals surface area contributed by atoms with Crippen molar-refractivity contribution in [3.63, 3.8) is 0 Å². The van der Waals surface area contributed by atoms with Crippen LogP contribution in [0.1, 0.15) is 56.5 Å². The van der Waals surface area contributed by atoms with E-state index in [1.165, 1.54) is 11.3 Å². The summed E-state index contributed by atoms with van der Waals surface area (Å²) >= 11 is 1.42. The van der Waals surface area contributed by atoms with Gasteiger partial charge in [0.1, 0.15) is 10.8 Å². The van der Waals surface area contributed by atoms with Crippen molar-refractivity contribution in [2.75, 3.05) is 5.32 Å². The Kier molecular flexibility index (Phi) is 7.57. The lowest BCUT2D eigenvalue weighted by atomic mass is 9.95. The largest absolute Gasteiger partial charge is 0.481 e. The molecule has 3 amide bonds. The van der Waals surface area contributed by atoms with E-state index in [1.807, 2.05) is 30.3 Å². The Hall–Kier alpha value is -3.98. The van der Waals surface area contributed by atoms with Crippen LogP contribution in [0.3, 0.4) is 0 Å². The summed E-state index contributed by atoms with van der Waals surface area (Å²) in [7, 11) is 0. The van der Waals surface area contributed by atoms with Crippen LogP contribution in [0.15, 0.2) is 59.7 Å². The summed E-state index contributed by atoms with van der Waals surface area (Å²) in [5.41, 5.74) is 10.7. The Balaban J connectivity index is 1.35. The van der Waals surface area contributed by atoms with Crippen LogP contribution in [-0.4, -0.2) is 30.0 Å². The van der Waals surface area contributed by atoms with E-state index in [-0.39, 0.29) is 5.91 Å². The zero-order chi connectivity index (χ0) is 24.8. The summed E-state index contributed by atoms with van der Waals surface area (Å²) in [6.45, 7) is 1.61. The third-order valence-corrected chi connectivity index (χ3v) is 6.84. The quantitative estimate of drug-likeness (QED) is 0.327. The monoisotopic (exact) mass is 490 g/mol. The molecule has 0 fully saturated rings. The van der Waals surface area contributed by atoms with Crippen molar-refractivity contribution in [3.05, 3.63) is 81.7 Å². The molecule has 4 N–H and O–H groups in total. The van der Waals surface area contributed by atoms with Crippen LogP contribution in [0.2, 0.25) is 0 Å². The third kappa shape index (κ3) is 5.93. The van der Waals surface area contributed by atoms with Crippen molar-refractivity contribution >= 4 is 40.3 Å². The van der Waals surface area contributed by atoms with E-state index < -0.39 is 17.9 Å². The SMILES string of the molecule is C[C@H](Oc1ccc(C(=O)Nc2sc3c(c2C(N)=O)CCCC3)cc1)C(=O)N/N=C\c1ccccc1. The van der Waals surface area contributed by atoms with Gasteiger partial charge >= 0.3 is 0 Å². The minimum atomic E-state index is -0.793. The van der Waals surface area contributed by atoms with Crippen LogP contribution < -0.4 is 21.2 Å². The van der Waals surface area contributed by atoms with Gasteiger partial charge in [0.15, 0.2) is 6.10 Å². The van der Waals surface area contributed by atoms with E-state index in [4.69, 9.17) is 10.5 Å². The molecule has 0 aliphatic heterocycles. The first-order chi connectivity index (χ1) is 16.9. The Morgan fingerprint density at radius 3 is 2.49 bits per heavy atom. The second-order valence-electron chi connectivity index (χ2n) is 8.16. The van der Waals surface area contributed by atoms with E-state index in [0.29, 0.717) is 21.9 Å². The lowest BCUT2D eigenvalue weighted by Crippen LogP contribution is -2.33. The number of primary amides is 1. The topological polar surface area (TPSA) is 123 Å². The average Bonchev–Trinajstić information content (AvgIpc) is 3.23. The molecule has 3 aromatic rings. The molecule has 0 radical (unpaired) electrons. The van der Waals surface area contributed by atoms with Gasteiger partial charge in [0.25, 0.3) is 17.7 Å². The van der Waals surface area contributed by atoms with Crippen LogP contribution in [0.5, 0.6) is 5.75 Å². The molecule has 0 saturated heterocycles. The second kappa shape index (κ2) is 11.0. The lowest BCUT2D eigenvalue weighted by molar-refractivity contribution is -0.127. The van der Waals surface area contributed by atoms with Gasteiger partial charge in [0.2, 0.25) is 0 Å². The zero-order valence-electron chi connectivity index (χ0n) is 19.2. The molecule has 9 heteroatoms. The van der Waals surface area contributed by atoms with Crippen molar-refractivity contribution in [1.82, 2.24) is 5.43 Å². The Labute approximate surface area is 207 Å². The number of nitrogens with zero attached hydrogens (tertiary/aromatic N) is 1. The molecule has 1 heterocycles. The highest BCUT2D eigenvalue weighted by Gasteiger charge is 2.25. The standard InChI is InChI=1S/C26H26N4O4S/c1-16(24(32)30-28-15-17-7-3-2-4-8-17)34-19-13-11-18(12-14-19)25(33)29-26-22(23(27)31)20-9-5-6-10-21(20)35-26/h2-4,7-8,11-16H,5-6,9-10H2,1H3,(H2,27,31)(H,29,33)(H,30,32)/b28-15-/t16-/m0/s1. The van der Waals surface area contributed by atoms with Gasteiger partial charge in [-0.25, -0.2) is 5.43 Å². The molecule has 1 atom stereocenters. The number of ether oxygens (including phenoxy) is 1. The maximum atomic E-state index is 12.8. The molecule has 35 heavy (non-hydrogen) atoms. The Morgan fingerprint density at radius 2 is 1.77 bits per heavy atom. The van der Waals surface area contributed by atoms with Crippen molar-refractivity contribution in [1.29, 1.82) is 0 Å². The van der Waals surface area contributed by atoms with E-state index in [2.05, 4.69) is 15.8 Å². The van der Waals surface area contributed by atoms with Gasteiger partial charge in [0.05, 0.1) is 11.8 Å². The average molecular weight is 491 g/mol. The first-order valence-electron chi connectivity index (χ1n) is 11.3. The number of carbonyl (C=O) groups excluding carboxylic acids is 3. The molecule has 1 aliphatic carbocycles. The maximum absolute atomic E-state index is 12.8. The maximum Gasteiger partial charge on any atom is 0.280 e. The number of hydrogen-bond donors (Lipinski definition) is 3. The molecule has 2 aromatic carbocycles. The van der Waals surface area contributed by atoms with Crippen LogP contribution in [0.25, 0.3) is 0 Å². The number of rotatable bonds is 8. The summed E-state index contributed by atoms with van der Waals surface area (Å²) < 4.78 is 5.66. The number of amides is 3. The fourth-order valence-corrected chi connectivity index (χ4v) is 5.12. The smallest absolute Gasteiger partial charge is 0.280 e. The van der Waals surface area contributed by atoms with E-state index in [1.54, 1.807) is 37.4 Å². The van der Waals surface area contributed by atoms with Gasteiger partial charge in [-0.15, -0.1) is 11.3 Å². The van der Waals surface area contributed by atoms with Gasteiger partial charge in [-0.2, -0.15) is 5.10 Å². The molecule has 1 aromatic heterocycles. The molecule has 8 nitrogen and oxygen atoms in total. The molecule has 0 bridgehead atoms. The fraction of sp³-hybridized carbons (Fsp3) is 0.231. The van der Waals surface area contributed by atoms with Gasteiger partial charge in [-0.05, 0) is 68.0 Å². The van der Waals surface area contributed by atoms with Crippen LogP contribution in [0.4, 0.5) is 5.00 Å². The number of nitrogens with two attached hydrogens (primary N) is 1. The fourth-order valence-electron chi connectivity index (χ4n) is 3.83. The van der Waals surface area contributed by atoms with Gasteiger partial charge in [-0.1, -0.05) is 30.3 Å². The van der Waals surface area contributed by atoms with E-state index >= 15 is 0 Å². The second-order valence-corrected chi connectivity index (χ2v) is 9.27. The molecule has 0 spiro atoms. The molecule has 180 valence electrons. The molecule has 0 unspecified atom stereocenters. The predicted molar refractivity (Wildman–Crippen MR) is 136 cm³/mol. The van der Waals surface area contributed by atoms with Crippen LogP contribution >= 0.6 is 11.3 Å².